The second kappa shape index (κ2) is 12.0. The Labute approximate surface area is 227 Å². The first kappa shape index (κ1) is 26.2. The summed E-state index contributed by atoms with van der Waals surface area (Å²) in [5.41, 5.74) is 4.12. The summed E-state index contributed by atoms with van der Waals surface area (Å²) in [5, 5.41) is 6.39. The first-order valence-corrected chi connectivity index (χ1v) is 15.4. The van der Waals surface area contributed by atoms with Crippen molar-refractivity contribution in [2.24, 2.45) is 0 Å². The third kappa shape index (κ3) is 5.44. The van der Waals surface area contributed by atoms with E-state index in [1.54, 1.807) is 0 Å². The molecule has 2 aromatic carbocycles. The van der Waals surface area contributed by atoms with E-state index in [9.17, 15) is 4.79 Å². The number of para-hydroxylation sites is 1. The summed E-state index contributed by atoms with van der Waals surface area (Å²) in [5.74, 6) is 0.676. The van der Waals surface area contributed by atoms with Crippen molar-refractivity contribution in [2.45, 2.75) is 77.7 Å². The van der Waals surface area contributed by atoms with Gasteiger partial charge in [0.1, 0.15) is 0 Å². The van der Waals surface area contributed by atoms with E-state index in [4.69, 9.17) is 0 Å². The number of carbonyl (C=O) groups is 1. The molecule has 3 heterocycles. The van der Waals surface area contributed by atoms with Crippen LogP contribution in [0.3, 0.4) is 0 Å². The van der Waals surface area contributed by atoms with E-state index < -0.39 is 0 Å². The summed E-state index contributed by atoms with van der Waals surface area (Å²) in [6.45, 7) is 11.8. The van der Waals surface area contributed by atoms with Gasteiger partial charge in [-0.15, -0.1) is 11.3 Å². The summed E-state index contributed by atoms with van der Waals surface area (Å²) in [4.78, 5) is 18.9. The van der Waals surface area contributed by atoms with Crippen LogP contribution in [0.25, 0.3) is 10.1 Å². The van der Waals surface area contributed by atoms with Crippen molar-refractivity contribution < 1.29 is 4.79 Å². The molecule has 5 heteroatoms. The van der Waals surface area contributed by atoms with Crippen LogP contribution in [0.15, 0.2) is 42.5 Å². The third-order valence-electron chi connectivity index (χ3n) is 8.55. The first-order chi connectivity index (χ1) is 18.1. The first-order valence-electron chi connectivity index (χ1n) is 14.6. The molecule has 0 amide bonds. The number of carbonyl (C=O) groups excluding carboxylic acids is 1. The van der Waals surface area contributed by atoms with Gasteiger partial charge in [-0.2, -0.15) is 0 Å². The molecule has 2 saturated heterocycles. The van der Waals surface area contributed by atoms with Crippen molar-refractivity contribution in [2.75, 3.05) is 42.9 Å². The minimum Gasteiger partial charge on any atom is -0.377 e. The standard InChI is InChI=1S/C32H43N3OS/c1-4-19-33-32-30(23-14-16-25-11-9-10-20-35(25)21-18-23)27-22-24(15-17-29(27)37-32)31(36)26-12-7-8-13-28(26)34(5-2)6-3/h7-8,12-13,15,17,22-23,25,33H,4-6,9-11,14,16,18-21H2,1-3H3. The molecule has 2 aliphatic heterocycles. The highest BCUT2D eigenvalue weighted by Crippen LogP contribution is 2.45. The molecule has 37 heavy (non-hydrogen) atoms. The van der Waals surface area contributed by atoms with Crippen LogP contribution in [-0.4, -0.2) is 49.4 Å². The predicted molar refractivity (Wildman–Crippen MR) is 160 cm³/mol. The number of hydrogen-bond donors (Lipinski definition) is 1. The van der Waals surface area contributed by atoms with Gasteiger partial charge in [0.2, 0.25) is 0 Å². The van der Waals surface area contributed by atoms with Gasteiger partial charge >= 0.3 is 0 Å². The van der Waals surface area contributed by atoms with E-state index in [1.807, 2.05) is 35.6 Å². The molecule has 1 aromatic heterocycles. The van der Waals surface area contributed by atoms with E-state index in [0.717, 1.165) is 48.9 Å². The van der Waals surface area contributed by atoms with Gasteiger partial charge in [0.25, 0.3) is 0 Å². The zero-order valence-corrected chi connectivity index (χ0v) is 23.7. The van der Waals surface area contributed by atoms with Crippen LogP contribution in [0.2, 0.25) is 0 Å². The molecule has 2 fully saturated rings. The van der Waals surface area contributed by atoms with Gasteiger partial charge in [-0.25, -0.2) is 0 Å². The zero-order valence-electron chi connectivity index (χ0n) is 22.9. The van der Waals surface area contributed by atoms with Crippen LogP contribution < -0.4 is 10.2 Å². The summed E-state index contributed by atoms with van der Waals surface area (Å²) < 4.78 is 1.30. The summed E-state index contributed by atoms with van der Waals surface area (Å²) in [6, 6.07) is 15.3. The smallest absolute Gasteiger partial charge is 0.195 e. The number of rotatable bonds is 9. The maximum absolute atomic E-state index is 13.9. The Morgan fingerprint density at radius 3 is 2.65 bits per heavy atom. The lowest BCUT2D eigenvalue weighted by molar-refractivity contribution is 0.103. The van der Waals surface area contributed by atoms with E-state index >= 15 is 0 Å². The van der Waals surface area contributed by atoms with Crippen LogP contribution in [0.5, 0.6) is 0 Å². The van der Waals surface area contributed by atoms with Crippen LogP contribution >= 0.6 is 11.3 Å². The van der Waals surface area contributed by atoms with E-state index in [1.165, 1.54) is 72.3 Å². The molecule has 5 rings (SSSR count). The zero-order chi connectivity index (χ0) is 25.8. The highest BCUT2D eigenvalue weighted by atomic mass is 32.1. The van der Waals surface area contributed by atoms with Crippen LogP contribution in [-0.2, 0) is 0 Å². The lowest BCUT2D eigenvalue weighted by Gasteiger charge is -2.33. The largest absolute Gasteiger partial charge is 0.377 e. The van der Waals surface area contributed by atoms with Crippen LogP contribution in [0, 0.1) is 0 Å². The van der Waals surface area contributed by atoms with Gasteiger partial charge in [0.05, 0.1) is 5.00 Å². The molecule has 1 N–H and O–H groups in total. The highest BCUT2D eigenvalue weighted by Gasteiger charge is 2.30. The van der Waals surface area contributed by atoms with Gasteiger partial charge in [-0.05, 0) is 113 Å². The fourth-order valence-electron chi connectivity index (χ4n) is 6.52. The van der Waals surface area contributed by atoms with E-state index in [0.29, 0.717) is 5.92 Å². The van der Waals surface area contributed by atoms with Crippen LogP contribution in [0.1, 0.15) is 93.1 Å². The topological polar surface area (TPSA) is 35.6 Å². The second-order valence-corrected chi connectivity index (χ2v) is 11.8. The fraction of sp³-hybridized carbons (Fsp3) is 0.531. The number of benzene rings is 2. The van der Waals surface area contributed by atoms with Crippen molar-refractivity contribution in [1.29, 1.82) is 0 Å². The minimum absolute atomic E-state index is 0.127. The fourth-order valence-corrected chi connectivity index (χ4v) is 7.72. The average molecular weight is 518 g/mol. The molecular weight excluding hydrogens is 474 g/mol. The Bertz CT molecular complexity index is 1200. The average Bonchev–Trinajstić information content (AvgIpc) is 3.16. The lowest BCUT2D eigenvalue weighted by Crippen LogP contribution is -2.38. The summed E-state index contributed by atoms with van der Waals surface area (Å²) in [6.07, 6.45) is 8.97. The summed E-state index contributed by atoms with van der Waals surface area (Å²) in [7, 11) is 0. The maximum atomic E-state index is 13.9. The van der Waals surface area contributed by atoms with E-state index in [2.05, 4.69) is 54.1 Å². The molecule has 0 spiro atoms. The normalized spacial score (nSPS) is 20.4. The lowest BCUT2D eigenvalue weighted by atomic mass is 9.88. The number of thiophene rings is 1. The molecule has 0 aliphatic carbocycles. The molecule has 2 atom stereocenters. The Morgan fingerprint density at radius 1 is 1.00 bits per heavy atom. The Morgan fingerprint density at radius 2 is 1.84 bits per heavy atom. The maximum Gasteiger partial charge on any atom is 0.195 e. The van der Waals surface area contributed by atoms with Gasteiger partial charge in [0.15, 0.2) is 5.78 Å². The van der Waals surface area contributed by atoms with Gasteiger partial charge in [0, 0.05) is 47.2 Å². The molecule has 0 radical (unpaired) electrons. The van der Waals surface area contributed by atoms with Crippen molar-refractivity contribution in [1.82, 2.24) is 4.90 Å². The third-order valence-corrected chi connectivity index (χ3v) is 9.69. The number of hydrogen-bond acceptors (Lipinski definition) is 5. The van der Waals surface area contributed by atoms with Crippen molar-refractivity contribution >= 4 is 37.9 Å². The van der Waals surface area contributed by atoms with Gasteiger partial charge < -0.3 is 15.1 Å². The monoisotopic (exact) mass is 517 g/mol. The number of fused-ring (bicyclic) bond motifs is 2. The molecule has 198 valence electrons. The van der Waals surface area contributed by atoms with Crippen molar-refractivity contribution in [3.8, 4) is 0 Å². The number of nitrogens with one attached hydrogen (secondary N) is 1. The molecular formula is C32H43N3OS. The molecule has 0 bridgehead atoms. The Hall–Kier alpha value is -2.37. The number of piperidine rings is 1. The molecule has 0 saturated carbocycles. The van der Waals surface area contributed by atoms with Crippen molar-refractivity contribution in [3.63, 3.8) is 0 Å². The molecule has 4 nitrogen and oxygen atoms in total. The highest BCUT2D eigenvalue weighted by molar-refractivity contribution is 7.23. The number of nitrogens with zero attached hydrogens (tertiary/aromatic N) is 2. The second-order valence-electron chi connectivity index (χ2n) is 10.7. The van der Waals surface area contributed by atoms with Crippen molar-refractivity contribution in [3.05, 3.63) is 59.2 Å². The van der Waals surface area contributed by atoms with E-state index in [-0.39, 0.29) is 5.78 Å². The number of ketones is 1. The molecule has 2 aliphatic rings. The molecule has 2 unspecified atom stereocenters. The SMILES string of the molecule is CCCNc1sc2ccc(C(=O)c3ccccc3N(CC)CC)cc2c1C1CCC2CCCCN2CC1. The molecule has 3 aromatic rings. The Balaban J connectivity index is 1.53. The Kier molecular flexibility index (Phi) is 8.51. The quantitative estimate of drug-likeness (QED) is 0.292. The van der Waals surface area contributed by atoms with Crippen LogP contribution in [0.4, 0.5) is 10.7 Å². The van der Waals surface area contributed by atoms with Gasteiger partial charge in [-0.3, -0.25) is 4.79 Å². The summed E-state index contributed by atoms with van der Waals surface area (Å²) >= 11 is 1.88. The predicted octanol–water partition coefficient (Wildman–Crippen LogP) is 7.92. The number of anilines is 2. The van der Waals surface area contributed by atoms with Gasteiger partial charge in [-0.1, -0.05) is 25.5 Å². The minimum atomic E-state index is 0.127.